The van der Waals surface area contributed by atoms with Gasteiger partial charge in [-0.25, -0.2) is 0 Å². The minimum Gasteiger partial charge on any atom is -0.496 e. The Bertz CT molecular complexity index is 968. The highest BCUT2D eigenvalue weighted by atomic mass is 32.1. The van der Waals surface area contributed by atoms with Crippen LogP contribution in [0.15, 0.2) is 48.5 Å². The number of rotatable bonds is 5. The highest BCUT2D eigenvalue weighted by molar-refractivity contribution is 7.80. The number of benzene rings is 2. The average Bonchev–Trinajstić information content (AvgIpc) is 3.12. The summed E-state index contributed by atoms with van der Waals surface area (Å²) in [6.45, 7) is 2.31. The number of amides is 1. The van der Waals surface area contributed by atoms with Gasteiger partial charge in [-0.05, 0) is 43.8 Å². The zero-order valence-electron chi connectivity index (χ0n) is 17.5. The van der Waals surface area contributed by atoms with Gasteiger partial charge in [0.2, 0.25) is 5.91 Å². The van der Waals surface area contributed by atoms with Crippen molar-refractivity contribution in [2.75, 3.05) is 12.0 Å². The second-order valence-electron chi connectivity index (χ2n) is 8.10. The third-order valence-electron chi connectivity index (χ3n) is 6.14. The Kier molecular flexibility index (Phi) is 6.13. The number of fused-ring (bicyclic) bond motifs is 1. The van der Waals surface area contributed by atoms with E-state index in [0.29, 0.717) is 17.4 Å². The fourth-order valence-electron chi connectivity index (χ4n) is 4.51. The molecule has 2 fully saturated rings. The van der Waals surface area contributed by atoms with Crippen molar-refractivity contribution in [3.05, 3.63) is 59.7 Å². The van der Waals surface area contributed by atoms with Crippen LogP contribution in [0, 0.1) is 12.8 Å². The van der Waals surface area contributed by atoms with E-state index in [9.17, 15) is 15.0 Å². The molecular formula is C23H27N3O4S. The SMILES string of the molecule is COc1ccccc1CNC(=O)C1CC(O)C(O)C2NC(=S)N(c3ccc(C)cc3)C12. The highest BCUT2D eigenvalue weighted by Gasteiger charge is 2.53. The Morgan fingerprint density at radius 2 is 1.94 bits per heavy atom. The molecule has 0 bridgehead atoms. The monoisotopic (exact) mass is 441 g/mol. The molecule has 1 aliphatic heterocycles. The molecule has 1 aliphatic carbocycles. The number of anilines is 1. The molecule has 0 spiro atoms. The van der Waals surface area contributed by atoms with Gasteiger partial charge in [0.05, 0.1) is 31.2 Å². The Morgan fingerprint density at radius 1 is 1.23 bits per heavy atom. The quantitative estimate of drug-likeness (QED) is 0.523. The summed E-state index contributed by atoms with van der Waals surface area (Å²) in [4.78, 5) is 15.2. The van der Waals surface area contributed by atoms with Gasteiger partial charge in [0, 0.05) is 17.8 Å². The largest absolute Gasteiger partial charge is 0.496 e. The molecule has 5 unspecified atom stereocenters. The maximum atomic E-state index is 13.3. The van der Waals surface area contributed by atoms with E-state index >= 15 is 0 Å². The van der Waals surface area contributed by atoms with Gasteiger partial charge >= 0.3 is 0 Å². The number of nitrogens with zero attached hydrogens (tertiary/aromatic N) is 1. The Morgan fingerprint density at radius 3 is 2.65 bits per heavy atom. The molecule has 8 heteroatoms. The summed E-state index contributed by atoms with van der Waals surface area (Å²) in [5, 5.41) is 27.6. The number of thiocarbonyl (C=S) groups is 1. The van der Waals surface area contributed by atoms with Crippen LogP contribution in [-0.2, 0) is 11.3 Å². The predicted octanol–water partition coefficient (Wildman–Crippen LogP) is 1.49. The van der Waals surface area contributed by atoms with Crippen LogP contribution in [0.5, 0.6) is 5.75 Å². The first kappa shape index (κ1) is 21.5. The number of aliphatic hydroxyl groups is 2. The number of aliphatic hydroxyl groups excluding tert-OH is 2. The van der Waals surface area contributed by atoms with E-state index < -0.39 is 30.2 Å². The number of carbonyl (C=O) groups excluding carboxylic acids is 1. The molecule has 164 valence electrons. The molecule has 5 atom stereocenters. The smallest absolute Gasteiger partial charge is 0.225 e. The van der Waals surface area contributed by atoms with Crippen molar-refractivity contribution in [1.82, 2.24) is 10.6 Å². The molecule has 1 saturated carbocycles. The number of para-hydroxylation sites is 1. The molecule has 0 aromatic heterocycles. The summed E-state index contributed by atoms with van der Waals surface area (Å²) < 4.78 is 5.36. The summed E-state index contributed by atoms with van der Waals surface area (Å²) in [5.74, 6) is -0.0624. The van der Waals surface area contributed by atoms with Gasteiger partial charge in [-0.3, -0.25) is 4.79 Å². The second-order valence-corrected chi connectivity index (χ2v) is 8.49. The third-order valence-corrected chi connectivity index (χ3v) is 6.45. The van der Waals surface area contributed by atoms with E-state index in [0.717, 1.165) is 16.8 Å². The number of methoxy groups -OCH3 is 1. The maximum absolute atomic E-state index is 13.3. The van der Waals surface area contributed by atoms with Crippen LogP contribution in [-0.4, -0.2) is 52.6 Å². The van der Waals surface area contributed by atoms with Crippen molar-refractivity contribution < 1.29 is 19.7 Å². The van der Waals surface area contributed by atoms with Crippen LogP contribution < -0.4 is 20.3 Å². The molecule has 1 amide bonds. The van der Waals surface area contributed by atoms with Crippen LogP contribution in [0.1, 0.15) is 17.5 Å². The molecule has 4 rings (SSSR count). The van der Waals surface area contributed by atoms with Gasteiger partial charge in [0.1, 0.15) is 11.9 Å². The topological polar surface area (TPSA) is 94.1 Å². The predicted molar refractivity (Wildman–Crippen MR) is 122 cm³/mol. The summed E-state index contributed by atoms with van der Waals surface area (Å²) in [7, 11) is 1.59. The lowest BCUT2D eigenvalue weighted by Gasteiger charge is -2.41. The Labute approximate surface area is 187 Å². The minimum absolute atomic E-state index is 0.146. The Hall–Kier alpha value is -2.68. The number of nitrogens with one attached hydrogen (secondary N) is 2. The van der Waals surface area contributed by atoms with Crippen molar-refractivity contribution in [3.63, 3.8) is 0 Å². The highest BCUT2D eigenvalue weighted by Crippen LogP contribution is 2.37. The van der Waals surface area contributed by atoms with E-state index in [2.05, 4.69) is 10.6 Å². The molecule has 4 N–H and O–H groups in total. The van der Waals surface area contributed by atoms with E-state index in [-0.39, 0.29) is 12.3 Å². The van der Waals surface area contributed by atoms with Crippen LogP contribution in [0.2, 0.25) is 0 Å². The van der Waals surface area contributed by atoms with E-state index in [4.69, 9.17) is 17.0 Å². The first-order valence-corrected chi connectivity index (χ1v) is 10.7. The lowest BCUT2D eigenvalue weighted by atomic mass is 9.77. The first-order chi connectivity index (χ1) is 14.9. The number of ether oxygens (including phenoxy) is 1. The molecule has 2 aliphatic rings. The van der Waals surface area contributed by atoms with Gasteiger partial charge in [-0.2, -0.15) is 0 Å². The molecule has 1 heterocycles. The molecule has 2 aromatic rings. The van der Waals surface area contributed by atoms with Crippen molar-refractivity contribution in [3.8, 4) is 5.75 Å². The van der Waals surface area contributed by atoms with Crippen LogP contribution in [0.25, 0.3) is 0 Å². The summed E-state index contributed by atoms with van der Waals surface area (Å²) in [5.41, 5.74) is 2.83. The zero-order chi connectivity index (χ0) is 22.1. The first-order valence-electron chi connectivity index (χ1n) is 10.3. The second kappa shape index (κ2) is 8.82. The zero-order valence-corrected chi connectivity index (χ0v) is 18.3. The standard InChI is InChI=1S/C23H27N3O4S/c1-13-7-9-15(10-8-13)26-20-16(11-17(27)21(28)19(20)25-23(26)31)22(29)24-12-14-5-3-4-6-18(14)30-2/h3-10,16-17,19-21,27-28H,11-12H2,1-2H3,(H,24,29)(H,25,31). The maximum Gasteiger partial charge on any atom is 0.225 e. The fourth-order valence-corrected chi connectivity index (χ4v) is 4.87. The summed E-state index contributed by atoms with van der Waals surface area (Å²) in [6.07, 6.45) is -1.89. The molecule has 1 saturated heterocycles. The lowest BCUT2D eigenvalue weighted by Crippen LogP contribution is -2.60. The van der Waals surface area contributed by atoms with E-state index in [1.807, 2.05) is 60.4 Å². The van der Waals surface area contributed by atoms with Gasteiger partial charge in [-0.1, -0.05) is 35.9 Å². The van der Waals surface area contributed by atoms with Crippen molar-refractivity contribution in [1.29, 1.82) is 0 Å². The summed E-state index contributed by atoms with van der Waals surface area (Å²) >= 11 is 5.55. The number of carbonyl (C=O) groups is 1. The van der Waals surface area contributed by atoms with E-state index in [1.54, 1.807) is 7.11 Å². The fraction of sp³-hybridized carbons (Fsp3) is 0.391. The molecule has 0 radical (unpaired) electrons. The molecule has 31 heavy (non-hydrogen) atoms. The van der Waals surface area contributed by atoms with Crippen molar-refractivity contribution >= 4 is 28.9 Å². The third kappa shape index (κ3) is 4.11. The Balaban J connectivity index is 1.59. The van der Waals surface area contributed by atoms with Gasteiger partial charge in [0.15, 0.2) is 5.11 Å². The molecular weight excluding hydrogens is 414 g/mol. The van der Waals surface area contributed by atoms with E-state index in [1.165, 1.54) is 0 Å². The average molecular weight is 442 g/mol. The van der Waals surface area contributed by atoms with Crippen LogP contribution in [0.4, 0.5) is 5.69 Å². The van der Waals surface area contributed by atoms with Crippen molar-refractivity contribution in [2.24, 2.45) is 5.92 Å². The van der Waals surface area contributed by atoms with Gasteiger partial charge in [0.25, 0.3) is 0 Å². The normalized spacial score (nSPS) is 27.4. The summed E-state index contributed by atoms with van der Waals surface area (Å²) in [6, 6.07) is 14.4. The number of aryl methyl sites for hydroxylation is 1. The number of hydrogen-bond donors (Lipinski definition) is 4. The molecule has 7 nitrogen and oxygen atoms in total. The molecule has 2 aromatic carbocycles. The van der Waals surface area contributed by atoms with Gasteiger partial charge in [-0.15, -0.1) is 0 Å². The van der Waals surface area contributed by atoms with Gasteiger partial charge < -0.3 is 30.5 Å². The lowest BCUT2D eigenvalue weighted by molar-refractivity contribution is -0.131. The van der Waals surface area contributed by atoms with Crippen LogP contribution in [0.3, 0.4) is 0 Å². The van der Waals surface area contributed by atoms with Crippen molar-refractivity contribution in [2.45, 2.75) is 44.2 Å². The van der Waals surface area contributed by atoms with Crippen LogP contribution >= 0.6 is 12.2 Å². The number of hydrogen-bond acceptors (Lipinski definition) is 5. The minimum atomic E-state index is -1.02.